The number of alkyl halides is 3. The molecule has 0 unspecified atom stereocenters. The molecule has 2 aromatic carbocycles. The maximum absolute atomic E-state index is 14.5. The topological polar surface area (TPSA) is 71.0 Å². The second kappa shape index (κ2) is 8.29. The van der Waals surface area contributed by atoms with Gasteiger partial charge in [-0.1, -0.05) is 55.3 Å². The van der Waals surface area contributed by atoms with Crippen molar-refractivity contribution in [3.8, 4) is 5.75 Å². The molecule has 168 valence electrons. The predicted octanol–water partition coefficient (Wildman–Crippen LogP) is 3.92. The molecule has 1 saturated carbocycles. The minimum Gasteiger partial charge on any atom is -0.496 e. The van der Waals surface area contributed by atoms with E-state index in [1.54, 1.807) is 36.4 Å². The number of hydrogen-bond acceptors (Lipinski definition) is 4. The SMILES string of the molecule is COc1ccccc1C(=O)N[C@@]1(C(F)(F)F)N=C(c2ccccc2)N(C2CCCC2)C1=O. The Morgan fingerprint density at radius 3 is 2.34 bits per heavy atom. The van der Waals surface area contributed by atoms with E-state index in [1.807, 2.05) is 5.32 Å². The van der Waals surface area contributed by atoms with Crippen molar-refractivity contribution in [3.05, 3.63) is 65.7 Å². The zero-order chi connectivity index (χ0) is 22.9. The number of rotatable bonds is 5. The van der Waals surface area contributed by atoms with Crippen molar-refractivity contribution in [2.24, 2.45) is 4.99 Å². The summed E-state index contributed by atoms with van der Waals surface area (Å²) in [6, 6.07) is 13.7. The molecule has 0 spiro atoms. The van der Waals surface area contributed by atoms with Crippen LogP contribution < -0.4 is 10.1 Å². The van der Waals surface area contributed by atoms with Crippen molar-refractivity contribution >= 4 is 17.6 Å². The van der Waals surface area contributed by atoms with Crippen LogP contribution in [0.5, 0.6) is 5.75 Å². The molecule has 1 heterocycles. The highest BCUT2D eigenvalue weighted by molar-refractivity contribution is 6.17. The maximum Gasteiger partial charge on any atom is 0.442 e. The van der Waals surface area contributed by atoms with E-state index in [1.165, 1.54) is 25.3 Å². The van der Waals surface area contributed by atoms with E-state index in [9.17, 15) is 22.8 Å². The van der Waals surface area contributed by atoms with Crippen LogP contribution in [0.25, 0.3) is 0 Å². The minimum absolute atomic E-state index is 0.0832. The highest BCUT2D eigenvalue weighted by atomic mass is 19.4. The summed E-state index contributed by atoms with van der Waals surface area (Å²) in [5, 5.41) is 1.90. The third-order valence-corrected chi connectivity index (χ3v) is 5.81. The van der Waals surface area contributed by atoms with Crippen molar-refractivity contribution in [2.75, 3.05) is 7.11 Å². The summed E-state index contributed by atoms with van der Waals surface area (Å²) in [5.74, 6) is -2.38. The molecule has 1 atom stereocenters. The highest BCUT2D eigenvalue weighted by Crippen LogP contribution is 2.41. The molecular weight excluding hydrogens is 423 g/mol. The van der Waals surface area contributed by atoms with Crippen LogP contribution in [-0.2, 0) is 4.79 Å². The quantitative estimate of drug-likeness (QED) is 0.759. The third-order valence-electron chi connectivity index (χ3n) is 5.81. The Morgan fingerprint density at radius 2 is 1.72 bits per heavy atom. The first-order valence-corrected chi connectivity index (χ1v) is 10.3. The molecule has 0 radical (unpaired) electrons. The van der Waals surface area contributed by atoms with Gasteiger partial charge in [0.05, 0.1) is 12.7 Å². The van der Waals surface area contributed by atoms with Crippen LogP contribution in [0.2, 0.25) is 0 Å². The first-order chi connectivity index (χ1) is 15.3. The molecule has 4 rings (SSSR count). The fraction of sp³-hybridized carbons (Fsp3) is 0.348. The van der Waals surface area contributed by atoms with Gasteiger partial charge in [0.25, 0.3) is 11.8 Å². The Balaban J connectivity index is 1.82. The molecule has 32 heavy (non-hydrogen) atoms. The summed E-state index contributed by atoms with van der Waals surface area (Å²) in [4.78, 5) is 31.3. The molecule has 2 aromatic rings. The Kier molecular flexibility index (Phi) is 5.66. The molecule has 1 aliphatic heterocycles. The van der Waals surface area contributed by atoms with E-state index in [0.29, 0.717) is 18.4 Å². The highest BCUT2D eigenvalue weighted by Gasteiger charge is 2.68. The van der Waals surface area contributed by atoms with E-state index >= 15 is 0 Å². The zero-order valence-electron chi connectivity index (χ0n) is 17.4. The molecule has 1 fully saturated rings. The van der Waals surface area contributed by atoms with Gasteiger partial charge >= 0.3 is 11.8 Å². The largest absolute Gasteiger partial charge is 0.496 e. The average molecular weight is 445 g/mol. The third kappa shape index (κ3) is 3.61. The summed E-state index contributed by atoms with van der Waals surface area (Å²) < 4.78 is 48.5. The van der Waals surface area contributed by atoms with Crippen LogP contribution in [0.15, 0.2) is 59.6 Å². The van der Waals surface area contributed by atoms with Crippen molar-refractivity contribution < 1.29 is 27.5 Å². The van der Waals surface area contributed by atoms with Crippen molar-refractivity contribution in [1.82, 2.24) is 10.2 Å². The Morgan fingerprint density at radius 1 is 1.09 bits per heavy atom. The standard InChI is InChI=1S/C23H22F3N3O3/c1-32-18-14-8-7-13-17(18)20(30)28-22(23(24,25)26)21(31)29(16-11-5-6-12-16)19(27-22)15-9-3-2-4-10-15/h2-4,7-10,13-14,16H,5-6,11-12H2,1H3,(H,28,30)/t22-/m0/s1. The van der Waals surface area contributed by atoms with Gasteiger partial charge in [-0.15, -0.1) is 0 Å². The molecular formula is C23H22F3N3O3. The molecule has 0 saturated heterocycles. The molecule has 1 aliphatic carbocycles. The zero-order valence-corrected chi connectivity index (χ0v) is 17.4. The smallest absolute Gasteiger partial charge is 0.442 e. The number of amides is 2. The van der Waals surface area contributed by atoms with Gasteiger partial charge in [-0.3, -0.25) is 14.5 Å². The Labute approximate surface area is 183 Å². The number of ether oxygens (including phenoxy) is 1. The number of hydrogen-bond donors (Lipinski definition) is 1. The first kappa shape index (κ1) is 21.9. The minimum atomic E-state index is -5.16. The lowest BCUT2D eigenvalue weighted by atomic mass is 10.1. The number of methoxy groups -OCH3 is 1. The fourth-order valence-electron chi connectivity index (χ4n) is 4.22. The van der Waals surface area contributed by atoms with Gasteiger partial charge in [0.2, 0.25) is 0 Å². The number of para-hydroxylation sites is 1. The number of nitrogens with one attached hydrogen (secondary N) is 1. The summed E-state index contributed by atoms with van der Waals surface area (Å²) in [6.45, 7) is 0. The number of nitrogens with zero attached hydrogens (tertiary/aromatic N) is 2. The summed E-state index contributed by atoms with van der Waals surface area (Å²) in [7, 11) is 1.31. The normalized spacial score (nSPS) is 21.6. The van der Waals surface area contributed by atoms with Crippen LogP contribution in [-0.4, -0.2) is 47.5 Å². The Hall–Kier alpha value is -3.36. The average Bonchev–Trinajstić information content (AvgIpc) is 3.41. The number of amidine groups is 1. The van der Waals surface area contributed by atoms with Crippen LogP contribution in [0, 0.1) is 0 Å². The van der Waals surface area contributed by atoms with Crippen molar-refractivity contribution in [1.29, 1.82) is 0 Å². The van der Waals surface area contributed by atoms with Gasteiger partial charge in [0.15, 0.2) is 0 Å². The van der Waals surface area contributed by atoms with Crippen molar-refractivity contribution in [2.45, 2.75) is 43.6 Å². The van der Waals surface area contributed by atoms with Crippen LogP contribution >= 0.6 is 0 Å². The predicted molar refractivity (Wildman–Crippen MR) is 111 cm³/mol. The number of aliphatic imine (C=N–C) groups is 1. The van der Waals surface area contributed by atoms with Crippen molar-refractivity contribution in [3.63, 3.8) is 0 Å². The lowest BCUT2D eigenvalue weighted by Gasteiger charge is -2.31. The van der Waals surface area contributed by atoms with E-state index in [0.717, 1.165) is 17.7 Å². The second-order valence-electron chi connectivity index (χ2n) is 7.78. The maximum atomic E-state index is 14.5. The molecule has 2 amide bonds. The molecule has 0 bridgehead atoms. The molecule has 9 heteroatoms. The van der Waals surface area contributed by atoms with Gasteiger partial charge < -0.3 is 10.1 Å². The summed E-state index contributed by atoms with van der Waals surface area (Å²) >= 11 is 0. The molecule has 1 N–H and O–H groups in total. The van der Waals surface area contributed by atoms with E-state index < -0.39 is 29.7 Å². The van der Waals surface area contributed by atoms with E-state index in [4.69, 9.17) is 4.74 Å². The van der Waals surface area contributed by atoms with Gasteiger partial charge in [-0.2, -0.15) is 13.2 Å². The number of carbonyl (C=O) groups excluding carboxylic acids is 2. The van der Waals surface area contributed by atoms with E-state index in [2.05, 4.69) is 4.99 Å². The fourth-order valence-corrected chi connectivity index (χ4v) is 4.22. The molecule has 2 aliphatic rings. The van der Waals surface area contributed by atoms with Gasteiger partial charge in [0, 0.05) is 11.6 Å². The number of benzene rings is 2. The lowest BCUT2D eigenvalue weighted by Crippen LogP contribution is -2.64. The summed E-state index contributed by atoms with van der Waals surface area (Å²) in [5.41, 5.74) is -3.16. The lowest BCUT2D eigenvalue weighted by molar-refractivity contribution is -0.196. The number of halogens is 3. The van der Waals surface area contributed by atoms with E-state index in [-0.39, 0.29) is 17.1 Å². The summed E-state index contributed by atoms with van der Waals surface area (Å²) in [6.07, 6.45) is -2.39. The van der Waals surface area contributed by atoms with Crippen LogP contribution in [0.1, 0.15) is 41.6 Å². The van der Waals surface area contributed by atoms with Gasteiger partial charge in [-0.25, -0.2) is 4.99 Å². The van der Waals surface area contributed by atoms with Gasteiger partial charge in [0.1, 0.15) is 11.6 Å². The van der Waals surface area contributed by atoms with Crippen LogP contribution in [0.4, 0.5) is 13.2 Å². The monoisotopic (exact) mass is 445 g/mol. The molecule has 6 nitrogen and oxygen atoms in total. The second-order valence-corrected chi connectivity index (χ2v) is 7.78. The van der Waals surface area contributed by atoms with Crippen LogP contribution in [0.3, 0.4) is 0 Å². The Bertz CT molecular complexity index is 1050. The molecule has 0 aromatic heterocycles. The first-order valence-electron chi connectivity index (χ1n) is 10.3. The van der Waals surface area contributed by atoms with Gasteiger partial charge in [-0.05, 0) is 25.0 Å². The number of carbonyl (C=O) groups is 2.